The van der Waals surface area contributed by atoms with Crippen molar-refractivity contribution in [3.05, 3.63) is 46.7 Å². The highest BCUT2D eigenvalue weighted by Gasteiger charge is 2.13. The number of terminal acetylenes is 1. The highest BCUT2D eigenvalue weighted by Crippen LogP contribution is 2.19. The average Bonchev–Trinajstić information content (AvgIpc) is 2.45. The minimum absolute atomic E-state index is 0.720. The van der Waals surface area contributed by atoms with Gasteiger partial charge in [0.05, 0.1) is 11.4 Å². The summed E-state index contributed by atoms with van der Waals surface area (Å²) < 4.78 is 0. The molecule has 2 rings (SSSR count). The Balaban J connectivity index is 2.43. The van der Waals surface area contributed by atoms with E-state index >= 15 is 0 Å². The van der Waals surface area contributed by atoms with Gasteiger partial charge in [-0.3, -0.25) is 4.99 Å². The molecule has 1 aliphatic heterocycles. The van der Waals surface area contributed by atoms with Crippen LogP contribution in [0.5, 0.6) is 0 Å². The van der Waals surface area contributed by atoms with E-state index in [1.165, 1.54) is 5.56 Å². The molecule has 0 unspecified atom stereocenters. The van der Waals surface area contributed by atoms with Gasteiger partial charge in [-0.15, -0.1) is 6.42 Å². The zero-order valence-electron chi connectivity index (χ0n) is 10.8. The third-order valence-corrected chi connectivity index (χ3v) is 2.97. The number of nitrogens with zero attached hydrogens (tertiary/aromatic N) is 1. The second-order valence-corrected chi connectivity index (χ2v) is 4.11. The van der Waals surface area contributed by atoms with Crippen LogP contribution in [0.1, 0.15) is 16.7 Å². The minimum atomic E-state index is 0.720. The van der Waals surface area contributed by atoms with E-state index in [2.05, 4.69) is 34.3 Å². The first kappa shape index (κ1) is 12.8. The first-order valence-electron chi connectivity index (χ1n) is 6.04. The normalized spacial score (nSPS) is 13.5. The first-order chi connectivity index (χ1) is 9.28. The molecule has 0 spiro atoms. The summed E-state index contributed by atoms with van der Waals surface area (Å²) in [5, 5.41) is 2.97. The molecule has 1 aromatic carbocycles. The highest BCUT2D eigenvalue weighted by atomic mass is 14.8. The lowest BCUT2D eigenvalue weighted by Crippen LogP contribution is -2.14. The maximum atomic E-state index is 5.42. The summed E-state index contributed by atoms with van der Waals surface area (Å²) in [6.07, 6.45) is 8.23. The van der Waals surface area contributed by atoms with Crippen molar-refractivity contribution in [2.45, 2.75) is 6.42 Å². The van der Waals surface area contributed by atoms with E-state index < -0.39 is 0 Å². The molecule has 0 amide bonds. The molecule has 0 aliphatic carbocycles. The lowest BCUT2D eigenvalue weighted by Gasteiger charge is -2.15. The van der Waals surface area contributed by atoms with Crippen molar-refractivity contribution < 1.29 is 0 Å². The van der Waals surface area contributed by atoms with E-state index in [0.29, 0.717) is 0 Å². The van der Waals surface area contributed by atoms with Gasteiger partial charge in [0.25, 0.3) is 0 Å². The summed E-state index contributed by atoms with van der Waals surface area (Å²) in [5.74, 6) is 5.46. The molecule has 0 saturated carbocycles. The molecule has 0 fully saturated rings. The fraction of sp³-hybridized carbons (Fsp3) is 0.188. The van der Waals surface area contributed by atoms with E-state index in [1.807, 2.05) is 18.2 Å². The Morgan fingerprint density at radius 1 is 1.53 bits per heavy atom. The Morgan fingerprint density at radius 2 is 2.37 bits per heavy atom. The van der Waals surface area contributed by atoms with Crippen molar-refractivity contribution >= 4 is 5.71 Å². The zero-order valence-corrected chi connectivity index (χ0v) is 10.8. The van der Waals surface area contributed by atoms with Crippen LogP contribution in [0.15, 0.2) is 35.0 Å². The number of benzene rings is 1. The van der Waals surface area contributed by atoms with Crippen LogP contribution in [0.4, 0.5) is 0 Å². The molecule has 3 nitrogen and oxygen atoms in total. The Morgan fingerprint density at radius 3 is 3.05 bits per heavy atom. The number of aliphatic imine (C=N–C) groups is 1. The predicted molar refractivity (Wildman–Crippen MR) is 78.6 cm³/mol. The largest absolute Gasteiger partial charge is 0.381 e. The molecule has 3 N–H and O–H groups in total. The SMILES string of the molecule is C#C/C(=C/C1=NCCc2cc(C#CN)ccc21)NC. The molecule has 0 atom stereocenters. The molecule has 3 heteroatoms. The summed E-state index contributed by atoms with van der Waals surface area (Å²) in [7, 11) is 1.80. The van der Waals surface area contributed by atoms with Crippen LogP contribution < -0.4 is 11.1 Å². The zero-order chi connectivity index (χ0) is 13.7. The van der Waals surface area contributed by atoms with Crippen molar-refractivity contribution in [1.29, 1.82) is 0 Å². The van der Waals surface area contributed by atoms with E-state index in [9.17, 15) is 0 Å². The first-order valence-corrected chi connectivity index (χ1v) is 6.04. The Bertz CT molecular complexity index is 649. The molecular weight excluding hydrogens is 234 g/mol. The number of hydrogen-bond acceptors (Lipinski definition) is 3. The van der Waals surface area contributed by atoms with Crippen molar-refractivity contribution in [3.63, 3.8) is 0 Å². The van der Waals surface area contributed by atoms with Gasteiger partial charge in [0.1, 0.15) is 0 Å². The van der Waals surface area contributed by atoms with E-state index in [-0.39, 0.29) is 0 Å². The predicted octanol–water partition coefficient (Wildman–Crippen LogP) is 1.04. The second kappa shape index (κ2) is 5.80. The molecule has 94 valence electrons. The van der Waals surface area contributed by atoms with Crippen LogP contribution in [-0.4, -0.2) is 19.3 Å². The van der Waals surface area contributed by atoms with Gasteiger partial charge in [-0.05, 0) is 36.1 Å². The molecule has 1 aliphatic rings. The van der Waals surface area contributed by atoms with Crippen molar-refractivity contribution in [2.75, 3.05) is 13.6 Å². The summed E-state index contributed by atoms with van der Waals surface area (Å²) in [6.45, 7) is 0.764. The monoisotopic (exact) mass is 249 g/mol. The Hall–Kier alpha value is -2.65. The third-order valence-electron chi connectivity index (χ3n) is 2.97. The van der Waals surface area contributed by atoms with Crippen LogP contribution >= 0.6 is 0 Å². The number of fused-ring (bicyclic) bond motifs is 1. The lowest BCUT2D eigenvalue weighted by molar-refractivity contribution is 0.943. The molecule has 1 heterocycles. The summed E-state index contributed by atoms with van der Waals surface area (Å²) in [4.78, 5) is 4.53. The van der Waals surface area contributed by atoms with Crippen molar-refractivity contribution in [3.8, 4) is 24.3 Å². The van der Waals surface area contributed by atoms with Gasteiger partial charge in [0.15, 0.2) is 0 Å². The maximum Gasteiger partial charge on any atom is 0.0869 e. The molecular formula is C16H15N3. The minimum Gasteiger partial charge on any atom is -0.381 e. The van der Waals surface area contributed by atoms with Gasteiger partial charge in [-0.2, -0.15) is 0 Å². The number of nitrogens with two attached hydrogens (primary N) is 1. The van der Waals surface area contributed by atoms with Gasteiger partial charge >= 0.3 is 0 Å². The molecule has 1 aromatic rings. The van der Waals surface area contributed by atoms with Gasteiger partial charge in [0.2, 0.25) is 0 Å². The average molecular weight is 249 g/mol. The number of rotatable bonds is 2. The quantitative estimate of drug-likeness (QED) is 0.607. The third kappa shape index (κ3) is 2.78. The summed E-state index contributed by atoms with van der Waals surface area (Å²) in [6, 6.07) is 8.45. The van der Waals surface area contributed by atoms with Gasteiger partial charge in [0, 0.05) is 30.8 Å². The lowest BCUT2D eigenvalue weighted by atomic mass is 9.95. The van der Waals surface area contributed by atoms with Crippen LogP contribution in [0.3, 0.4) is 0 Å². The van der Waals surface area contributed by atoms with Crippen LogP contribution in [0.2, 0.25) is 0 Å². The number of allylic oxidation sites excluding steroid dienone is 2. The van der Waals surface area contributed by atoms with Crippen LogP contribution in [0, 0.1) is 24.3 Å². The van der Waals surface area contributed by atoms with Gasteiger partial charge in [-0.1, -0.05) is 12.0 Å². The number of nitrogens with one attached hydrogen (secondary N) is 1. The van der Waals surface area contributed by atoms with Crippen LogP contribution in [-0.2, 0) is 6.42 Å². The molecule has 0 bridgehead atoms. The molecule has 19 heavy (non-hydrogen) atoms. The topological polar surface area (TPSA) is 50.4 Å². The van der Waals surface area contributed by atoms with E-state index in [4.69, 9.17) is 12.2 Å². The summed E-state index contributed by atoms with van der Waals surface area (Å²) >= 11 is 0. The smallest absolute Gasteiger partial charge is 0.0869 e. The number of hydrogen-bond donors (Lipinski definition) is 2. The van der Waals surface area contributed by atoms with Crippen molar-refractivity contribution in [1.82, 2.24) is 5.32 Å². The maximum absolute atomic E-state index is 5.42. The molecule has 0 saturated heterocycles. The van der Waals surface area contributed by atoms with Crippen molar-refractivity contribution in [2.24, 2.45) is 10.7 Å². The Kier molecular flexibility index (Phi) is 3.90. The van der Waals surface area contributed by atoms with E-state index in [0.717, 1.165) is 35.5 Å². The Labute approximate surface area is 113 Å². The fourth-order valence-corrected chi connectivity index (χ4v) is 2.04. The van der Waals surface area contributed by atoms with Gasteiger partial charge < -0.3 is 11.1 Å². The fourth-order valence-electron chi connectivity index (χ4n) is 2.04. The second-order valence-electron chi connectivity index (χ2n) is 4.11. The van der Waals surface area contributed by atoms with E-state index in [1.54, 1.807) is 7.05 Å². The summed E-state index contributed by atoms with van der Waals surface area (Å²) in [5.41, 5.74) is 10.1. The standard InChI is InChI=1S/C16H15N3/c1-3-14(18-2)11-16-15-5-4-12(6-8-17)10-13(15)7-9-19-16/h1,4-5,10-11,18H,7,9,17H2,2H3/b14-11-. The van der Waals surface area contributed by atoms with Crippen LogP contribution in [0.25, 0.3) is 0 Å². The highest BCUT2D eigenvalue weighted by molar-refractivity contribution is 6.11. The molecule has 0 radical (unpaired) electrons. The molecule has 0 aromatic heterocycles. The van der Waals surface area contributed by atoms with Gasteiger partial charge in [-0.25, -0.2) is 0 Å².